The maximum absolute atomic E-state index is 12.2. The number of hydrogen-bond donors (Lipinski definition) is 1. The van der Waals surface area contributed by atoms with E-state index in [2.05, 4.69) is 36.5 Å². The molecule has 2 aliphatic rings. The Morgan fingerprint density at radius 2 is 1.90 bits per heavy atom. The Kier molecular flexibility index (Phi) is 4.29. The van der Waals surface area contributed by atoms with Crippen LogP contribution in [0.5, 0.6) is 0 Å². The van der Waals surface area contributed by atoms with Gasteiger partial charge in [0.1, 0.15) is 0 Å². The Morgan fingerprint density at radius 1 is 1.24 bits per heavy atom. The number of carbonyl (C=O) groups is 1. The van der Waals surface area contributed by atoms with Gasteiger partial charge in [0.15, 0.2) is 0 Å². The Morgan fingerprint density at radius 3 is 2.48 bits per heavy atom. The molecule has 1 saturated carbocycles. The van der Waals surface area contributed by atoms with Crippen molar-refractivity contribution < 1.29 is 9.53 Å². The molecule has 3 rings (SSSR count). The quantitative estimate of drug-likeness (QED) is 0.924. The predicted octanol–water partition coefficient (Wildman–Crippen LogP) is 2.96. The molecule has 2 fully saturated rings. The van der Waals surface area contributed by atoms with Crippen molar-refractivity contribution >= 4 is 5.91 Å². The standard InChI is InChI=1S/C18H25NO2/c1-14-5-7-16(8-6-14)18(9-11-21-12-10-18)13-19-17(20)15-3-2-4-15/h5-8,15H,2-4,9-13H2,1H3,(H,19,20). The molecule has 0 spiro atoms. The van der Waals surface area contributed by atoms with Gasteiger partial charge in [0.2, 0.25) is 5.91 Å². The summed E-state index contributed by atoms with van der Waals surface area (Å²) in [5.74, 6) is 0.513. The zero-order chi connectivity index (χ0) is 14.7. The number of aryl methyl sites for hydroxylation is 1. The molecule has 1 amide bonds. The molecule has 0 atom stereocenters. The topological polar surface area (TPSA) is 38.3 Å². The van der Waals surface area contributed by atoms with Gasteiger partial charge in [-0.3, -0.25) is 4.79 Å². The number of benzene rings is 1. The van der Waals surface area contributed by atoms with Crippen LogP contribution in [0.4, 0.5) is 0 Å². The van der Waals surface area contributed by atoms with E-state index < -0.39 is 0 Å². The van der Waals surface area contributed by atoms with E-state index in [9.17, 15) is 4.79 Å². The van der Waals surface area contributed by atoms with Crippen LogP contribution in [0.15, 0.2) is 24.3 Å². The second-order valence-electron chi connectivity index (χ2n) is 6.60. The molecule has 21 heavy (non-hydrogen) atoms. The number of carbonyl (C=O) groups excluding carboxylic acids is 1. The molecular weight excluding hydrogens is 262 g/mol. The van der Waals surface area contributed by atoms with E-state index in [4.69, 9.17) is 4.74 Å². The van der Waals surface area contributed by atoms with E-state index >= 15 is 0 Å². The third-order valence-electron chi connectivity index (χ3n) is 5.19. The zero-order valence-electron chi connectivity index (χ0n) is 12.9. The average Bonchev–Trinajstić information content (AvgIpc) is 2.45. The highest BCUT2D eigenvalue weighted by atomic mass is 16.5. The van der Waals surface area contributed by atoms with E-state index in [0.29, 0.717) is 0 Å². The number of ether oxygens (including phenoxy) is 1. The van der Waals surface area contributed by atoms with Gasteiger partial charge in [-0.1, -0.05) is 36.2 Å². The summed E-state index contributed by atoms with van der Waals surface area (Å²) in [6.07, 6.45) is 5.30. The first-order valence-corrected chi connectivity index (χ1v) is 8.12. The highest BCUT2D eigenvalue weighted by Crippen LogP contribution is 2.35. The monoisotopic (exact) mass is 287 g/mol. The van der Waals surface area contributed by atoms with Crippen LogP contribution in [0.1, 0.15) is 43.2 Å². The van der Waals surface area contributed by atoms with Crippen molar-refractivity contribution in [2.45, 2.75) is 44.4 Å². The first kappa shape index (κ1) is 14.6. The third-order valence-corrected chi connectivity index (χ3v) is 5.19. The number of nitrogens with one attached hydrogen (secondary N) is 1. The maximum Gasteiger partial charge on any atom is 0.223 e. The molecule has 3 nitrogen and oxygen atoms in total. The Balaban J connectivity index is 1.73. The van der Waals surface area contributed by atoms with Crippen LogP contribution >= 0.6 is 0 Å². The highest BCUT2D eigenvalue weighted by molar-refractivity contribution is 5.79. The minimum Gasteiger partial charge on any atom is -0.381 e. The van der Waals surface area contributed by atoms with Crippen molar-refractivity contribution in [2.24, 2.45) is 5.92 Å². The minimum atomic E-state index is 0.0470. The largest absolute Gasteiger partial charge is 0.381 e. The molecule has 1 aliphatic carbocycles. The van der Waals surface area contributed by atoms with Crippen molar-refractivity contribution in [3.05, 3.63) is 35.4 Å². The molecule has 1 aliphatic heterocycles. The second kappa shape index (κ2) is 6.18. The summed E-state index contributed by atoms with van der Waals surface area (Å²) in [4.78, 5) is 12.2. The molecule has 1 aromatic carbocycles. The van der Waals surface area contributed by atoms with Crippen LogP contribution in [-0.2, 0) is 14.9 Å². The van der Waals surface area contributed by atoms with Gasteiger partial charge < -0.3 is 10.1 Å². The van der Waals surface area contributed by atoms with Crippen LogP contribution in [-0.4, -0.2) is 25.7 Å². The van der Waals surface area contributed by atoms with Crippen LogP contribution in [0.25, 0.3) is 0 Å². The summed E-state index contributed by atoms with van der Waals surface area (Å²) in [6, 6.07) is 8.77. The van der Waals surface area contributed by atoms with Crippen LogP contribution in [0.3, 0.4) is 0 Å². The first-order valence-electron chi connectivity index (χ1n) is 8.12. The number of hydrogen-bond acceptors (Lipinski definition) is 2. The van der Waals surface area contributed by atoms with Crippen LogP contribution in [0.2, 0.25) is 0 Å². The van der Waals surface area contributed by atoms with E-state index in [-0.39, 0.29) is 17.2 Å². The van der Waals surface area contributed by atoms with Gasteiger partial charge in [0.25, 0.3) is 0 Å². The van der Waals surface area contributed by atoms with Gasteiger partial charge >= 0.3 is 0 Å². The predicted molar refractivity (Wildman–Crippen MR) is 83.3 cm³/mol. The molecule has 1 N–H and O–H groups in total. The number of amides is 1. The lowest BCUT2D eigenvalue weighted by Gasteiger charge is -2.38. The third kappa shape index (κ3) is 3.13. The lowest BCUT2D eigenvalue weighted by Crippen LogP contribution is -2.46. The lowest BCUT2D eigenvalue weighted by atomic mass is 9.73. The number of rotatable bonds is 4. The van der Waals surface area contributed by atoms with E-state index in [0.717, 1.165) is 45.4 Å². The summed E-state index contributed by atoms with van der Waals surface area (Å²) in [7, 11) is 0. The Hall–Kier alpha value is -1.35. The second-order valence-corrected chi connectivity index (χ2v) is 6.60. The Labute approximate surface area is 127 Å². The molecular formula is C18H25NO2. The van der Waals surface area contributed by atoms with Gasteiger partial charge in [-0.15, -0.1) is 0 Å². The highest BCUT2D eigenvalue weighted by Gasteiger charge is 2.36. The van der Waals surface area contributed by atoms with E-state index in [1.54, 1.807) is 0 Å². The SMILES string of the molecule is Cc1ccc(C2(CNC(=O)C3CCC3)CCOCC2)cc1. The van der Waals surface area contributed by atoms with E-state index in [1.807, 2.05) is 0 Å². The molecule has 3 heteroatoms. The van der Waals surface area contributed by atoms with Crippen molar-refractivity contribution in [3.8, 4) is 0 Å². The molecule has 114 valence electrons. The average molecular weight is 287 g/mol. The van der Waals surface area contributed by atoms with Crippen LogP contribution in [0, 0.1) is 12.8 Å². The summed E-state index contributed by atoms with van der Waals surface area (Å²) < 4.78 is 5.54. The van der Waals surface area contributed by atoms with Crippen molar-refractivity contribution in [3.63, 3.8) is 0 Å². The summed E-state index contributed by atoms with van der Waals surface area (Å²) >= 11 is 0. The molecule has 1 saturated heterocycles. The maximum atomic E-state index is 12.2. The fourth-order valence-corrected chi connectivity index (χ4v) is 3.31. The smallest absolute Gasteiger partial charge is 0.223 e. The van der Waals surface area contributed by atoms with Crippen molar-refractivity contribution in [1.29, 1.82) is 0 Å². The van der Waals surface area contributed by atoms with Gasteiger partial charge in [-0.25, -0.2) is 0 Å². The minimum absolute atomic E-state index is 0.0470. The van der Waals surface area contributed by atoms with Gasteiger partial charge in [0, 0.05) is 31.1 Å². The molecule has 0 unspecified atom stereocenters. The Bertz CT molecular complexity index is 484. The normalized spacial score (nSPS) is 21.6. The van der Waals surface area contributed by atoms with Gasteiger partial charge in [-0.05, 0) is 38.2 Å². The van der Waals surface area contributed by atoms with Crippen molar-refractivity contribution in [1.82, 2.24) is 5.32 Å². The first-order chi connectivity index (χ1) is 10.2. The summed E-state index contributed by atoms with van der Waals surface area (Å²) in [5.41, 5.74) is 2.66. The molecule has 1 heterocycles. The van der Waals surface area contributed by atoms with Gasteiger partial charge in [-0.2, -0.15) is 0 Å². The molecule has 0 aromatic heterocycles. The molecule has 0 radical (unpaired) electrons. The molecule has 1 aromatic rings. The summed E-state index contributed by atoms with van der Waals surface area (Å²) in [6.45, 7) is 4.42. The fraction of sp³-hybridized carbons (Fsp3) is 0.611. The zero-order valence-corrected chi connectivity index (χ0v) is 12.9. The van der Waals surface area contributed by atoms with Gasteiger partial charge in [0.05, 0.1) is 0 Å². The van der Waals surface area contributed by atoms with Crippen LogP contribution < -0.4 is 5.32 Å². The lowest BCUT2D eigenvalue weighted by molar-refractivity contribution is -0.127. The fourth-order valence-electron chi connectivity index (χ4n) is 3.31. The summed E-state index contributed by atoms with van der Waals surface area (Å²) in [5, 5.41) is 3.21. The van der Waals surface area contributed by atoms with Crippen molar-refractivity contribution in [2.75, 3.05) is 19.8 Å². The van der Waals surface area contributed by atoms with E-state index in [1.165, 1.54) is 17.5 Å². The molecule has 0 bridgehead atoms.